The highest BCUT2D eigenvalue weighted by atomic mass is 16.3. The van der Waals surface area contributed by atoms with Gasteiger partial charge in [-0.25, -0.2) is 0 Å². The van der Waals surface area contributed by atoms with Crippen molar-refractivity contribution < 1.29 is 5.11 Å². The van der Waals surface area contributed by atoms with E-state index in [1.165, 1.54) is 12.0 Å². The van der Waals surface area contributed by atoms with Gasteiger partial charge in [-0.1, -0.05) is 52.2 Å². The number of hydrogen-bond acceptors (Lipinski definition) is 1. The number of phenolic OH excluding ortho intramolecular Hbond substituents is 1. The van der Waals surface area contributed by atoms with Crippen molar-refractivity contribution in [1.82, 2.24) is 0 Å². The average Bonchev–Trinajstić information content (AvgIpc) is 2.26. The van der Waals surface area contributed by atoms with E-state index in [9.17, 15) is 5.11 Å². The maximum absolute atomic E-state index is 10.1. The minimum absolute atomic E-state index is 0.545. The molecule has 0 aliphatic rings. The fourth-order valence-electron chi connectivity index (χ4n) is 2.19. The van der Waals surface area contributed by atoms with Crippen LogP contribution in [-0.2, 0) is 19.3 Å². The minimum Gasteiger partial charge on any atom is -0.507 e. The molecule has 1 aromatic carbocycles. The van der Waals surface area contributed by atoms with Gasteiger partial charge < -0.3 is 5.11 Å². The lowest BCUT2D eigenvalue weighted by Gasteiger charge is -2.12. The van der Waals surface area contributed by atoms with Gasteiger partial charge >= 0.3 is 0 Å². The Morgan fingerprint density at radius 2 is 1.25 bits per heavy atom. The number of hydrogen-bond donors (Lipinski definition) is 1. The molecule has 1 N–H and O–H groups in total. The molecule has 0 saturated heterocycles. The number of phenols is 1. The van der Waals surface area contributed by atoms with Gasteiger partial charge in [0.25, 0.3) is 0 Å². The van der Waals surface area contributed by atoms with Crippen LogP contribution in [0.5, 0.6) is 5.75 Å². The summed E-state index contributed by atoms with van der Waals surface area (Å²) < 4.78 is 0. The third-order valence-electron chi connectivity index (χ3n) is 2.90. The molecule has 0 bridgehead atoms. The van der Waals surface area contributed by atoms with E-state index in [-0.39, 0.29) is 0 Å². The van der Waals surface area contributed by atoms with Crippen molar-refractivity contribution in [1.29, 1.82) is 0 Å². The second kappa shape index (κ2) is 6.57. The van der Waals surface area contributed by atoms with Gasteiger partial charge in [0.2, 0.25) is 0 Å². The zero-order chi connectivity index (χ0) is 12.0. The first-order valence-corrected chi connectivity index (χ1v) is 6.56. The zero-order valence-corrected chi connectivity index (χ0v) is 10.8. The maximum atomic E-state index is 10.1. The van der Waals surface area contributed by atoms with Gasteiger partial charge in [0, 0.05) is 0 Å². The Balaban J connectivity index is 3.05. The SMILES string of the molecule is CCCc1cc(CCC)c(O)c(CCC)c1. The average molecular weight is 220 g/mol. The molecule has 1 nitrogen and oxygen atoms in total. The number of aryl methyl sites for hydroxylation is 3. The second-order valence-electron chi connectivity index (χ2n) is 4.51. The molecule has 1 rings (SSSR count). The lowest BCUT2D eigenvalue weighted by molar-refractivity contribution is 0.459. The van der Waals surface area contributed by atoms with Crippen molar-refractivity contribution in [3.8, 4) is 5.75 Å². The first-order valence-electron chi connectivity index (χ1n) is 6.56. The molecule has 90 valence electrons. The molecule has 1 heteroatoms. The highest BCUT2D eigenvalue weighted by Crippen LogP contribution is 2.27. The molecule has 0 saturated carbocycles. The van der Waals surface area contributed by atoms with E-state index >= 15 is 0 Å². The summed E-state index contributed by atoms with van der Waals surface area (Å²) in [6.45, 7) is 6.52. The Labute approximate surface area is 99.5 Å². The second-order valence-corrected chi connectivity index (χ2v) is 4.51. The van der Waals surface area contributed by atoms with Crippen LogP contribution in [0.25, 0.3) is 0 Å². The van der Waals surface area contributed by atoms with Crippen LogP contribution in [0, 0.1) is 0 Å². The van der Waals surface area contributed by atoms with Crippen molar-refractivity contribution >= 4 is 0 Å². The summed E-state index contributed by atoms with van der Waals surface area (Å²) in [4.78, 5) is 0. The van der Waals surface area contributed by atoms with E-state index in [1.807, 2.05) is 0 Å². The standard InChI is InChI=1S/C15H24O/c1-4-7-12-10-13(8-5-2)15(16)14(11-12)9-6-3/h10-11,16H,4-9H2,1-3H3. The van der Waals surface area contributed by atoms with E-state index in [1.54, 1.807) is 0 Å². The van der Waals surface area contributed by atoms with Gasteiger partial charge in [0.05, 0.1) is 0 Å². The molecule has 1 aromatic rings. The highest BCUT2D eigenvalue weighted by molar-refractivity contribution is 5.44. The van der Waals surface area contributed by atoms with Crippen LogP contribution in [-0.4, -0.2) is 5.11 Å². The molecule has 0 atom stereocenters. The number of benzene rings is 1. The normalized spacial score (nSPS) is 10.7. The third kappa shape index (κ3) is 3.26. The minimum atomic E-state index is 0.545. The molecule has 0 spiro atoms. The van der Waals surface area contributed by atoms with E-state index < -0.39 is 0 Å². The number of rotatable bonds is 6. The van der Waals surface area contributed by atoms with Crippen molar-refractivity contribution in [2.45, 2.75) is 59.3 Å². The fraction of sp³-hybridized carbons (Fsp3) is 0.600. The van der Waals surface area contributed by atoms with Crippen molar-refractivity contribution in [3.63, 3.8) is 0 Å². The molecular weight excluding hydrogens is 196 g/mol. The smallest absolute Gasteiger partial charge is 0.121 e. The molecule has 0 fully saturated rings. The van der Waals surface area contributed by atoms with E-state index in [2.05, 4.69) is 32.9 Å². The van der Waals surface area contributed by atoms with Crippen LogP contribution in [0.1, 0.15) is 56.7 Å². The summed E-state index contributed by atoms with van der Waals surface area (Å²) in [7, 11) is 0. The van der Waals surface area contributed by atoms with Crippen molar-refractivity contribution in [2.24, 2.45) is 0 Å². The van der Waals surface area contributed by atoms with E-state index in [4.69, 9.17) is 0 Å². The van der Waals surface area contributed by atoms with Crippen LogP contribution in [0.2, 0.25) is 0 Å². The molecule has 0 aliphatic heterocycles. The molecular formula is C15H24O. The van der Waals surface area contributed by atoms with Gasteiger partial charge in [0.15, 0.2) is 0 Å². The zero-order valence-electron chi connectivity index (χ0n) is 10.8. The van der Waals surface area contributed by atoms with Gasteiger partial charge in [-0.15, -0.1) is 0 Å². The van der Waals surface area contributed by atoms with Crippen LogP contribution in [0.15, 0.2) is 12.1 Å². The van der Waals surface area contributed by atoms with Gasteiger partial charge in [-0.2, -0.15) is 0 Å². The van der Waals surface area contributed by atoms with E-state index in [0.29, 0.717) is 5.75 Å². The third-order valence-corrected chi connectivity index (χ3v) is 2.90. The first kappa shape index (κ1) is 13.1. The van der Waals surface area contributed by atoms with Gasteiger partial charge in [0.1, 0.15) is 5.75 Å². The van der Waals surface area contributed by atoms with E-state index in [0.717, 1.165) is 43.2 Å². The largest absolute Gasteiger partial charge is 0.507 e. The Bertz CT molecular complexity index is 301. The molecule has 0 radical (unpaired) electrons. The van der Waals surface area contributed by atoms with Crippen LogP contribution < -0.4 is 0 Å². The summed E-state index contributed by atoms with van der Waals surface area (Å²) in [5.74, 6) is 0.545. The Kier molecular flexibility index (Phi) is 5.37. The molecule has 16 heavy (non-hydrogen) atoms. The van der Waals surface area contributed by atoms with Crippen LogP contribution >= 0.6 is 0 Å². The molecule has 0 heterocycles. The first-order chi connectivity index (χ1) is 7.72. The molecule has 0 aromatic heterocycles. The van der Waals surface area contributed by atoms with Crippen molar-refractivity contribution in [2.75, 3.05) is 0 Å². The van der Waals surface area contributed by atoms with Gasteiger partial charge in [-0.3, -0.25) is 0 Å². The lowest BCUT2D eigenvalue weighted by atomic mass is 9.96. The number of aromatic hydroxyl groups is 1. The summed E-state index contributed by atoms with van der Waals surface area (Å²) in [6.07, 6.45) is 6.44. The van der Waals surface area contributed by atoms with Gasteiger partial charge in [-0.05, 0) is 36.0 Å². The molecule has 0 unspecified atom stereocenters. The lowest BCUT2D eigenvalue weighted by Crippen LogP contribution is -1.95. The maximum Gasteiger partial charge on any atom is 0.121 e. The monoisotopic (exact) mass is 220 g/mol. The Morgan fingerprint density at radius 1 is 0.812 bits per heavy atom. The van der Waals surface area contributed by atoms with Crippen molar-refractivity contribution in [3.05, 3.63) is 28.8 Å². The topological polar surface area (TPSA) is 20.2 Å². The Morgan fingerprint density at radius 3 is 1.62 bits per heavy atom. The predicted octanol–water partition coefficient (Wildman–Crippen LogP) is 4.25. The van der Waals surface area contributed by atoms with Crippen LogP contribution in [0.3, 0.4) is 0 Å². The summed E-state index contributed by atoms with van der Waals surface area (Å²) in [5, 5.41) is 10.1. The molecule has 0 amide bonds. The van der Waals surface area contributed by atoms with Crippen LogP contribution in [0.4, 0.5) is 0 Å². The summed E-state index contributed by atoms with van der Waals surface area (Å²) in [6, 6.07) is 4.36. The predicted molar refractivity (Wildman–Crippen MR) is 70.1 cm³/mol. The summed E-state index contributed by atoms with van der Waals surface area (Å²) >= 11 is 0. The molecule has 0 aliphatic carbocycles. The Hall–Kier alpha value is -0.980. The fourth-order valence-corrected chi connectivity index (χ4v) is 2.19. The highest BCUT2D eigenvalue weighted by Gasteiger charge is 2.08. The quantitative estimate of drug-likeness (QED) is 0.760. The summed E-state index contributed by atoms with van der Waals surface area (Å²) in [5.41, 5.74) is 3.65.